The maximum atomic E-state index is 13.2. The van der Waals surface area contributed by atoms with Crippen molar-refractivity contribution in [3.8, 4) is 23.1 Å². The van der Waals surface area contributed by atoms with Gasteiger partial charge in [-0.2, -0.15) is 5.26 Å². The van der Waals surface area contributed by atoms with Crippen molar-refractivity contribution in [1.82, 2.24) is 15.0 Å². The number of phenolic OH excluding ortho intramolecular Hbond substituents is 1. The van der Waals surface area contributed by atoms with Gasteiger partial charge in [-0.15, -0.1) is 0 Å². The van der Waals surface area contributed by atoms with Gasteiger partial charge >= 0.3 is 0 Å². The molecule has 0 bridgehead atoms. The van der Waals surface area contributed by atoms with Crippen molar-refractivity contribution in [2.75, 3.05) is 11.1 Å². The Morgan fingerprint density at radius 3 is 2.69 bits per heavy atom. The molecule has 29 heavy (non-hydrogen) atoms. The van der Waals surface area contributed by atoms with E-state index in [1.165, 1.54) is 12.4 Å². The lowest BCUT2D eigenvalue weighted by atomic mass is 10.0. The van der Waals surface area contributed by atoms with Crippen LogP contribution in [0.3, 0.4) is 0 Å². The van der Waals surface area contributed by atoms with Crippen LogP contribution in [-0.2, 0) is 6.54 Å². The summed E-state index contributed by atoms with van der Waals surface area (Å²) >= 11 is 0. The molecule has 4 rings (SSSR count). The van der Waals surface area contributed by atoms with E-state index in [9.17, 15) is 15.2 Å². The summed E-state index contributed by atoms with van der Waals surface area (Å²) in [6, 6.07) is 16.2. The van der Waals surface area contributed by atoms with Crippen LogP contribution in [0.2, 0.25) is 0 Å². The van der Waals surface area contributed by atoms with Crippen LogP contribution < -0.4 is 16.5 Å². The molecule has 0 amide bonds. The van der Waals surface area contributed by atoms with Crippen molar-refractivity contribution in [1.29, 1.82) is 5.26 Å². The van der Waals surface area contributed by atoms with E-state index in [4.69, 9.17) is 5.73 Å². The minimum absolute atomic E-state index is 0.0540. The average molecular weight is 384 g/mol. The molecule has 0 aliphatic carbocycles. The second-order valence-corrected chi connectivity index (χ2v) is 6.32. The minimum atomic E-state index is -0.316. The number of aromatic amines is 1. The third-order valence-electron chi connectivity index (χ3n) is 4.59. The smallest absolute Gasteiger partial charge is 0.198 e. The molecular formula is C21H16N6O2. The molecule has 0 radical (unpaired) electrons. The number of phenols is 1. The van der Waals surface area contributed by atoms with Gasteiger partial charge in [0.1, 0.15) is 35.3 Å². The molecule has 4 aromatic rings. The lowest BCUT2D eigenvalue weighted by Gasteiger charge is -2.14. The van der Waals surface area contributed by atoms with Crippen LogP contribution in [-0.4, -0.2) is 20.1 Å². The number of pyridine rings is 1. The van der Waals surface area contributed by atoms with Crippen molar-refractivity contribution in [3.05, 3.63) is 76.2 Å². The zero-order chi connectivity index (χ0) is 20.4. The normalized spacial score (nSPS) is 10.6. The van der Waals surface area contributed by atoms with Gasteiger partial charge in [0, 0.05) is 12.1 Å². The molecule has 8 heteroatoms. The summed E-state index contributed by atoms with van der Waals surface area (Å²) in [7, 11) is 0. The van der Waals surface area contributed by atoms with Gasteiger partial charge in [0.05, 0.1) is 16.6 Å². The van der Waals surface area contributed by atoms with Crippen molar-refractivity contribution in [2.24, 2.45) is 0 Å². The first-order valence-corrected chi connectivity index (χ1v) is 8.77. The van der Waals surface area contributed by atoms with E-state index in [1.807, 2.05) is 36.4 Å². The predicted molar refractivity (Wildman–Crippen MR) is 110 cm³/mol. The van der Waals surface area contributed by atoms with E-state index >= 15 is 0 Å². The lowest BCUT2D eigenvalue weighted by molar-refractivity contribution is 0.481. The number of nitriles is 1. The highest BCUT2D eigenvalue weighted by Gasteiger charge is 2.17. The monoisotopic (exact) mass is 384 g/mol. The number of H-pyrrole nitrogens is 1. The summed E-state index contributed by atoms with van der Waals surface area (Å²) in [6.45, 7) is 0.0645. The molecule has 0 saturated carbocycles. The second-order valence-electron chi connectivity index (χ2n) is 6.32. The molecule has 0 saturated heterocycles. The quantitative estimate of drug-likeness (QED) is 0.424. The minimum Gasteiger partial charge on any atom is -0.507 e. The Morgan fingerprint density at radius 1 is 1.14 bits per heavy atom. The highest BCUT2D eigenvalue weighted by molar-refractivity contribution is 5.88. The Bertz CT molecular complexity index is 1310. The highest BCUT2D eigenvalue weighted by Crippen LogP contribution is 2.27. The first-order chi connectivity index (χ1) is 14.1. The van der Waals surface area contributed by atoms with Gasteiger partial charge in [-0.1, -0.05) is 36.4 Å². The van der Waals surface area contributed by atoms with Crippen molar-refractivity contribution >= 4 is 22.5 Å². The van der Waals surface area contributed by atoms with Crippen LogP contribution in [0.5, 0.6) is 5.75 Å². The molecule has 0 aliphatic rings. The Hall–Kier alpha value is -4.38. The molecule has 8 nitrogen and oxygen atoms in total. The zero-order valence-electron chi connectivity index (χ0n) is 15.2. The standard InChI is InChI=1S/C21H16N6O2/c22-9-13-20(23)25-11-26-21(13)24-10-14-18(12-5-2-1-3-6-12)27-15-7-4-8-16(28)17(15)19(14)29/h1-8,11,28H,10H2,(H,27,29)(H3,23,24,25,26). The molecule has 2 heterocycles. The number of rotatable bonds is 4. The summed E-state index contributed by atoms with van der Waals surface area (Å²) in [4.78, 5) is 24.3. The number of nitrogen functional groups attached to an aromatic ring is 1. The summed E-state index contributed by atoms with van der Waals surface area (Å²) in [5, 5.41) is 22.7. The Kier molecular flexibility index (Phi) is 4.55. The second kappa shape index (κ2) is 7.32. The number of aromatic hydroxyl groups is 1. The summed E-state index contributed by atoms with van der Waals surface area (Å²) in [5.41, 5.74) is 7.87. The van der Waals surface area contributed by atoms with E-state index < -0.39 is 0 Å². The Balaban J connectivity index is 1.88. The van der Waals surface area contributed by atoms with Gasteiger partial charge in [0.2, 0.25) is 0 Å². The topological polar surface area (TPSA) is 141 Å². The van der Waals surface area contributed by atoms with Gasteiger partial charge in [0.15, 0.2) is 5.43 Å². The number of hydrogen-bond donors (Lipinski definition) is 4. The fraction of sp³-hybridized carbons (Fsp3) is 0.0476. The Labute approximate surface area is 165 Å². The SMILES string of the molecule is N#Cc1c(N)ncnc1NCc1c(-c2ccccc2)[nH]c2cccc(O)c2c1=O. The molecule has 0 unspecified atom stereocenters. The number of nitrogens with zero attached hydrogens (tertiary/aromatic N) is 3. The largest absolute Gasteiger partial charge is 0.507 e. The summed E-state index contributed by atoms with van der Waals surface area (Å²) in [5.74, 6) is 0.183. The molecule has 0 atom stereocenters. The lowest BCUT2D eigenvalue weighted by Crippen LogP contribution is -2.17. The van der Waals surface area contributed by atoms with Crippen molar-refractivity contribution < 1.29 is 5.11 Å². The van der Waals surface area contributed by atoms with Gasteiger partial charge in [-0.05, 0) is 17.7 Å². The average Bonchev–Trinajstić information content (AvgIpc) is 2.73. The van der Waals surface area contributed by atoms with Crippen LogP contribution >= 0.6 is 0 Å². The third kappa shape index (κ3) is 3.21. The number of nitrogens with two attached hydrogens (primary N) is 1. The molecule has 5 N–H and O–H groups in total. The predicted octanol–water partition coefficient (Wildman–Crippen LogP) is 2.76. The maximum Gasteiger partial charge on any atom is 0.198 e. The van der Waals surface area contributed by atoms with Crippen molar-refractivity contribution in [3.63, 3.8) is 0 Å². The number of anilines is 2. The summed E-state index contributed by atoms with van der Waals surface area (Å²) in [6.07, 6.45) is 1.24. The number of fused-ring (bicyclic) bond motifs is 1. The molecule has 0 fully saturated rings. The maximum absolute atomic E-state index is 13.2. The van der Waals surface area contributed by atoms with E-state index in [0.717, 1.165) is 5.56 Å². The van der Waals surface area contributed by atoms with E-state index in [1.54, 1.807) is 12.1 Å². The fourth-order valence-electron chi connectivity index (χ4n) is 3.19. The molecule has 2 aromatic heterocycles. The number of nitrogens with one attached hydrogen (secondary N) is 2. The van der Waals surface area contributed by atoms with E-state index in [0.29, 0.717) is 16.8 Å². The first kappa shape index (κ1) is 18.0. The van der Waals surface area contributed by atoms with Crippen LogP contribution in [0, 0.1) is 11.3 Å². The molecular weight excluding hydrogens is 368 g/mol. The fourth-order valence-corrected chi connectivity index (χ4v) is 3.19. The van der Waals surface area contributed by atoms with Crippen LogP contribution in [0.4, 0.5) is 11.6 Å². The highest BCUT2D eigenvalue weighted by atomic mass is 16.3. The summed E-state index contributed by atoms with van der Waals surface area (Å²) < 4.78 is 0. The van der Waals surface area contributed by atoms with Gasteiger partial charge < -0.3 is 21.1 Å². The number of benzene rings is 2. The molecule has 2 aromatic carbocycles. The Morgan fingerprint density at radius 2 is 1.93 bits per heavy atom. The number of aromatic nitrogens is 3. The first-order valence-electron chi connectivity index (χ1n) is 8.77. The third-order valence-corrected chi connectivity index (χ3v) is 4.59. The number of hydrogen-bond acceptors (Lipinski definition) is 7. The van der Waals surface area contributed by atoms with Gasteiger partial charge in [-0.3, -0.25) is 4.79 Å². The zero-order valence-corrected chi connectivity index (χ0v) is 15.2. The molecule has 0 spiro atoms. The van der Waals surface area contributed by atoms with Gasteiger partial charge in [-0.25, -0.2) is 9.97 Å². The molecule has 142 valence electrons. The van der Waals surface area contributed by atoms with Crippen LogP contribution in [0.1, 0.15) is 11.1 Å². The molecule has 0 aliphatic heterocycles. The van der Waals surface area contributed by atoms with Crippen LogP contribution in [0.25, 0.3) is 22.2 Å². The van der Waals surface area contributed by atoms with Crippen molar-refractivity contribution in [2.45, 2.75) is 6.54 Å². The van der Waals surface area contributed by atoms with E-state index in [2.05, 4.69) is 20.3 Å². The van der Waals surface area contributed by atoms with E-state index in [-0.39, 0.29) is 40.3 Å². The van der Waals surface area contributed by atoms with Crippen LogP contribution in [0.15, 0.2) is 59.7 Å². The van der Waals surface area contributed by atoms with Gasteiger partial charge in [0.25, 0.3) is 0 Å².